The van der Waals surface area contributed by atoms with E-state index in [4.69, 9.17) is 0 Å². The lowest BCUT2D eigenvalue weighted by Gasteiger charge is -2.01. The Morgan fingerprint density at radius 2 is 1.38 bits per heavy atom. The number of rotatable bonds is 12. The highest BCUT2D eigenvalue weighted by molar-refractivity contribution is 7.98. The molecule has 0 saturated heterocycles. The molecule has 0 rings (SSSR count). The smallest absolute Gasteiger partial charge is 0.210 e. The fourth-order valence-electron chi connectivity index (χ4n) is 1.73. The summed E-state index contributed by atoms with van der Waals surface area (Å²) in [6, 6.07) is 0. The van der Waals surface area contributed by atoms with Crippen molar-refractivity contribution in [3.8, 4) is 0 Å². The molecule has 3 heteroatoms. The molecule has 16 heavy (non-hydrogen) atoms. The van der Waals surface area contributed by atoms with E-state index in [1.54, 1.807) is 6.08 Å². The van der Waals surface area contributed by atoms with E-state index in [9.17, 15) is 4.79 Å². The van der Waals surface area contributed by atoms with E-state index < -0.39 is 0 Å². The topological polar surface area (TPSA) is 29.4 Å². The van der Waals surface area contributed by atoms with Crippen LogP contribution in [0.1, 0.15) is 71.1 Å². The Morgan fingerprint density at radius 3 is 1.88 bits per heavy atom. The molecule has 0 heterocycles. The van der Waals surface area contributed by atoms with Crippen molar-refractivity contribution in [2.75, 3.05) is 5.75 Å². The van der Waals surface area contributed by atoms with Gasteiger partial charge in [-0.1, -0.05) is 64.7 Å². The van der Waals surface area contributed by atoms with E-state index >= 15 is 0 Å². The van der Waals surface area contributed by atoms with Gasteiger partial charge in [0.1, 0.15) is 0 Å². The molecule has 0 radical (unpaired) electrons. The molecule has 0 aromatic rings. The quantitative estimate of drug-likeness (QED) is 0.211. The standard InChI is InChI=1S/C13H25NOS/c1-2-3-4-5-6-7-8-9-10-11-12-16-14-13-15/h2-12H2,1H3. The van der Waals surface area contributed by atoms with Gasteiger partial charge in [0.15, 0.2) is 0 Å². The Balaban J connectivity index is 2.90. The maximum atomic E-state index is 9.77. The summed E-state index contributed by atoms with van der Waals surface area (Å²) in [6.07, 6.45) is 15.0. The first kappa shape index (κ1) is 15.7. The molecule has 0 bridgehead atoms. The molecule has 0 aliphatic carbocycles. The van der Waals surface area contributed by atoms with Gasteiger partial charge in [0, 0.05) is 5.75 Å². The van der Waals surface area contributed by atoms with Crippen molar-refractivity contribution in [1.82, 2.24) is 0 Å². The second-order valence-corrected chi connectivity index (χ2v) is 5.05. The van der Waals surface area contributed by atoms with Gasteiger partial charge in [-0.3, -0.25) is 0 Å². The van der Waals surface area contributed by atoms with Crippen molar-refractivity contribution in [3.63, 3.8) is 0 Å². The third-order valence-electron chi connectivity index (χ3n) is 2.69. The maximum absolute atomic E-state index is 9.77. The fourth-order valence-corrected chi connectivity index (χ4v) is 2.20. The molecule has 0 fully saturated rings. The van der Waals surface area contributed by atoms with Crippen molar-refractivity contribution in [1.29, 1.82) is 0 Å². The molecule has 0 N–H and O–H groups in total. The van der Waals surface area contributed by atoms with Crippen molar-refractivity contribution in [2.45, 2.75) is 71.1 Å². The van der Waals surface area contributed by atoms with E-state index in [1.165, 1.54) is 76.2 Å². The van der Waals surface area contributed by atoms with E-state index in [2.05, 4.69) is 11.3 Å². The third-order valence-corrected chi connectivity index (χ3v) is 3.37. The number of nitrogens with zero attached hydrogens (tertiary/aromatic N) is 1. The molecule has 0 aromatic heterocycles. The van der Waals surface area contributed by atoms with Gasteiger partial charge in [-0.25, -0.2) is 4.79 Å². The van der Waals surface area contributed by atoms with E-state index in [0.717, 1.165) is 5.75 Å². The van der Waals surface area contributed by atoms with Crippen LogP contribution in [0.25, 0.3) is 0 Å². The Kier molecular flexibility index (Phi) is 14.5. The monoisotopic (exact) mass is 243 g/mol. The molecule has 0 aromatic carbocycles. The molecule has 0 aliphatic heterocycles. The average Bonchev–Trinajstić information content (AvgIpc) is 2.31. The number of unbranched alkanes of at least 4 members (excludes halogenated alkanes) is 9. The lowest BCUT2D eigenvalue weighted by Crippen LogP contribution is -1.82. The predicted molar refractivity (Wildman–Crippen MR) is 72.4 cm³/mol. The lowest BCUT2D eigenvalue weighted by atomic mass is 10.1. The van der Waals surface area contributed by atoms with Crippen LogP contribution in [0, 0.1) is 0 Å². The van der Waals surface area contributed by atoms with Crippen LogP contribution in [-0.2, 0) is 4.79 Å². The molecular formula is C13H25NOS. The van der Waals surface area contributed by atoms with Gasteiger partial charge in [0.25, 0.3) is 0 Å². The molecule has 0 atom stereocenters. The van der Waals surface area contributed by atoms with Crippen LogP contribution in [0.2, 0.25) is 0 Å². The maximum Gasteiger partial charge on any atom is 0.247 e. The summed E-state index contributed by atoms with van der Waals surface area (Å²) in [7, 11) is 0. The molecule has 2 nitrogen and oxygen atoms in total. The first-order valence-electron chi connectivity index (χ1n) is 6.61. The summed E-state index contributed by atoms with van der Waals surface area (Å²) in [5.74, 6) is 0.964. The van der Waals surface area contributed by atoms with E-state index in [0.29, 0.717) is 0 Å². The van der Waals surface area contributed by atoms with Crippen molar-refractivity contribution in [3.05, 3.63) is 0 Å². The molecule has 0 amide bonds. The van der Waals surface area contributed by atoms with Crippen LogP contribution in [-0.4, -0.2) is 11.8 Å². The molecule has 94 valence electrons. The van der Waals surface area contributed by atoms with Crippen molar-refractivity contribution >= 4 is 18.0 Å². The highest BCUT2D eigenvalue weighted by Gasteiger charge is 1.92. The SMILES string of the molecule is CCCCCCCCCCCCSN=C=O. The van der Waals surface area contributed by atoms with Gasteiger partial charge in [0.05, 0.1) is 0 Å². The lowest BCUT2D eigenvalue weighted by molar-refractivity contribution is 0.563. The normalized spacial score (nSPS) is 10.1. The summed E-state index contributed by atoms with van der Waals surface area (Å²) in [5.41, 5.74) is 0. The summed E-state index contributed by atoms with van der Waals surface area (Å²) < 4.78 is 3.46. The molecule has 0 unspecified atom stereocenters. The highest BCUT2D eigenvalue weighted by atomic mass is 32.2. The number of hydrogen-bond acceptors (Lipinski definition) is 3. The Morgan fingerprint density at radius 1 is 0.875 bits per heavy atom. The fraction of sp³-hybridized carbons (Fsp3) is 0.923. The molecular weight excluding hydrogens is 218 g/mol. The zero-order valence-electron chi connectivity index (χ0n) is 10.5. The second kappa shape index (κ2) is 14.7. The van der Waals surface area contributed by atoms with Crippen LogP contribution in [0.5, 0.6) is 0 Å². The Hall–Kier alpha value is -0.270. The van der Waals surface area contributed by atoms with Gasteiger partial charge in [-0.15, -0.1) is 4.40 Å². The van der Waals surface area contributed by atoms with Gasteiger partial charge in [-0.2, -0.15) is 0 Å². The molecule has 0 saturated carbocycles. The first-order chi connectivity index (χ1) is 7.91. The van der Waals surface area contributed by atoms with Crippen LogP contribution in [0.4, 0.5) is 0 Å². The second-order valence-electron chi connectivity index (χ2n) is 4.20. The number of hydrogen-bond donors (Lipinski definition) is 0. The van der Waals surface area contributed by atoms with Crippen molar-refractivity contribution in [2.24, 2.45) is 4.40 Å². The Labute approximate surface area is 104 Å². The summed E-state index contributed by atoms with van der Waals surface area (Å²) in [5, 5.41) is 0. The van der Waals surface area contributed by atoms with Crippen LogP contribution >= 0.6 is 11.9 Å². The first-order valence-corrected chi connectivity index (χ1v) is 7.55. The Bertz CT molecular complexity index is 179. The number of isocyanates is 1. The van der Waals surface area contributed by atoms with Crippen LogP contribution < -0.4 is 0 Å². The van der Waals surface area contributed by atoms with E-state index in [1.807, 2.05) is 0 Å². The minimum Gasteiger partial charge on any atom is -0.210 e. The zero-order valence-corrected chi connectivity index (χ0v) is 11.4. The molecule has 0 spiro atoms. The van der Waals surface area contributed by atoms with Crippen LogP contribution in [0.15, 0.2) is 4.40 Å². The zero-order chi connectivity index (χ0) is 11.9. The summed E-state index contributed by atoms with van der Waals surface area (Å²) >= 11 is 1.33. The van der Waals surface area contributed by atoms with Gasteiger partial charge < -0.3 is 0 Å². The van der Waals surface area contributed by atoms with Crippen LogP contribution in [0.3, 0.4) is 0 Å². The minimum atomic E-state index is 0.964. The highest BCUT2D eigenvalue weighted by Crippen LogP contribution is 2.12. The van der Waals surface area contributed by atoms with E-state index in [-0.39, 0.29) is 0 Å². The third kappa shape index (κ3) is 13.7. The van der Waals surface area contributed by atoms with Gasteiger partial charge in [0.2, 0.25) is 6.08 Å². The predicted octanol–water partition coefficient (Wildman–Crippen LogP) is 4.89. The largest absolute Gasteiger partial charge is 0.247 e. The van der Waals surface area contributed by atoms with Gasteiger partial charge >= 0.3 is 0 Å². The van der Waals surface area contributed by atoms with Gasteiger partial charge in [-0.05, 0) is 18.4 Å². The number of carbonyl (C=O) groups excluding carboxylic acids is 1. The summed E-state index contributed by atoms with van der Waals surface area (Å²) in [6.45, 7) is 2.26. The van der Waals surface area contributed by atoms with Crippen molar-refractivity contribution < 1.29 is 4.79 Å². The minimum absolute atomic E-state index is 0.964. The average molecular weight is 243 g/mol. The molecule has 0 aliphatic rings. The summed E-state index contributed by atoms with van der Waals surface area (Å²) in [4.78, 5) is 9.77.